The van der Waals surface area contributed by atoms with Crippen molar-refractivity contribution in [3.63, 3.8) is 0 Å². The minimum Gasteiger partial charge on any atom is -0.480 e. The third kappa shape index (κ3) is 4.25. The molecule has 0 aliphatic carbocycles. The van der Waals surface area contributed by atoms with E-state index in [2.05, 4.69) is 0 Å². The number of imide groups is 2. The van der Waals surface area contributed by atoms with Crippen LogP contribution in [0.25, 0.3) is 0 Å². The molecule has 22 heavy (non-hydrogen) atoms. The quantitative estimate of drug-likeness (QED) is 0.469. The Morgan fingerprint density at radius 1 is 1.18 bits per heavy atom. The molecule has 0 aromatic heterocycles. The molecule has 10 heteroatoms. The van der Waals surface area contributed by atoms with Gasteiger partial charge in [-0.3, -0.25) is 34.3 Å². The van der Waals surface area contributed by atoms with Crippen LogP contribution in [0, 0.1) is 0 Å². The second-order valence-corrected chi connectivity index (χ2v) is 4.73. The number of carboxylic acids is 2. The summed E-state index contributed by atoms with van der Waals surface area (Å²) in [6.45, 7) is 0.285. The average Bonchev–Trinajstić information content (AvgIpc) is 2.36. The molecule has 0 spiro atoms. The number of hydrogen-bond acceptors (Lipinski definition) is 6. The van der Waals surface area contributed by atoms with Gasteiger partial charge in [0.25, 0.3) is 11.8 Å². The summed E-state index contributed by atoms with van der Waals surface area (Å²) in [5.41, 5.74) is 0. The Bertz CT molecular complexity index is 489. The van der Waals surface area contributed by atoms with Crippen molar-refractivity contribution in [3.05, 3.63) is 0 Å². The number of amides is 4. The molecule has 0 saturated carbocycles. The monoisotopic (exact) mass is 315 g/mol. The van der Waals surface area contributed by atoms with Crippen LogP contribution >= 0.6 is 0 Å². The first-order valence-electron chi connectivity index (χ1n) is 6.61. The Morgan fingerprint density at radius 2 is 1.73 bits per heavy atom. The number of barbiturate groups is 1. The number of nitrogens with zero attached hydrogens (tertiary/aromatic N) is 2. The molecule has 1 aliphatic heterocycles. The Labute approximate surface area is 125 Å². The van der Waals surface area contributed by atoms with Gasteiger partial charge in [0.05, 0.1) is 13.1 Å². The van der Waals surface area contributed by atoms with Crippen molar-refractivity contribution in [2.75, 3.05) is 19.6 Å². The van der Waals surface area contributed by atoms with E-state index >= 15 is 0 Å². The van der Waals surface area contributed by atoms with Gasteiger partial charge in [0, 0.05) is 6.54 Å². The summed E-state index contributed by atoms with van der Waals surface area (Å²) in [4.78, 5) is 58.9. The van der Waals surface area contributed by atoms with Crippen molar-refractivity contribution in [3.8, 4) is 0 Å². The Balaban J connectivity index is 3.02. The number of carbonyl (C=O) groups excluding carboxylic acids is 3. The van der Waals surface area contributed by atoms with Crippen molar-refractivity contribution in [1.29, 1.82) is 0 Å². The maximum Gasteiger partial charge on any atom is 0.330 e. The SMILES string of the molecule is CCCCN1C(=O)NC(=O)C(N(CC(=O)O)CC(=O)O)C1=O. The molecular formula is C12H17N3O7. The van der Waals surface area contributed by atoms with E-state index in [1.807, 2.05) is 12.2 Å². The number of carbonyl (C=O) groups is 5. The number of carboxylic acid groups (broad SMARTS) is 2. The van der Waals surface area contributed by atoms with Crippen LogP contribution in [-0.2, 0) is 19.2 Å². The van der Waals surface area contributed by atoms with Crippen LogP contribution in [0.1, 0.15) is 19.8 Å². The van der Waals surface area contributed by atoms with Crippen molar-refractivity contribution in [2.45, 2.75) is 25.8 Å². The van der Waals surface area contributed by atoms with Crippen molar-refractivity contribution in [1.82, 2.24) is 15.1 Å². The van der Waals surface area contributed by atoms with Gasteiger partial charge in [0.1, 0.15) is 0 Å². The smallest absolute Gasteiger partial charge is 0.330 e. The van der Waals surface area contributed by atoms with Gasteiger partial charge < -0.3 is 10.2 Å². The zero-order valence-corrected chi connectivity index (χ0v) is 11.9. The lowest BCUT2D eigenvalue weighted by molar-refractivity contribution is -0.150. The molecule has 0 aromatic rings. The molecule has 1 saturated heterocycles. The van der Waals surface area contributed by atoms with Gasteiger partial charge in [-0.1, -0.05) is 13.3 Å². The first kappa shape index (κ1) is 17.6. The molecule has 122 valence electrons. The van der Waals surface area contributed by atoms with Crippen molar-refractivity contribution < 1.29 is 34.2 Å². The predicted octanol–water partition coefficient (Wildman–Crippen LogP) is -1.30. The normalized spacial score (nSPS) is 18.5. The van der Waals surface area contributed by atoms with Crippen LogP contribution in [0.5, 0.6) is 0 Å². The van der Waals surface area contributed by atoms with E-state index in [4.69, 9.17) is 10.2 Å². The minimum absolute atomic E-state index is 0.0684. The summed E-state index contributed by atoms with van der Waals surface area (Å²) >= 11 is 0. The number of urea groups is 1. The highest BCUT2D eigenvalue weighted by molar-refractivity contribution is 6.19. The van der Waals surface area contributed by atoms with Crippen LogP contribution in [-0.4, -0.2) is 75.5 Å². The van der Waals surface area contributed by atoms with E-state index in [0.29, 0.717) is 17.7 Å². The van der Waals surface area contributed by atoms with Crippen molar-refractivity contribution >= 4 is 29.8 Å². The van der Waals surface area contributed by atoms with Crippen LogP contribution in [0.15, 0.2) is 0 Å². The van der Waals surface area contributed by atoms with E-state index in [-0.39, 0.29) is 6.54 Å². The molecule has 1 aliphatic rings. The largest absolute Gasteiger partial charge is 0.480 e. The molecule has 0 bridgehead atoms. The lowest BCUT2D eigenvalue weighted by Gasteiger charge is -2.35. The summed E-state index contributed by atoms with van der Waals surface area (Å²) in [5, 5.41) is 19.5. The van der Waals surface area contributed by atoms with Crippen LogP contribution in [0.4, 0.5) is 4.79 Å². The lowest BCUT2D eigenvalue weighted by atomic mass is 10.1. The van der Waals surface area contributed by atoms with Gasteiger partial charge in [-0.2, -0.15) is 0 Å². The number of rotatable bonds is 8. The average molecular weight is 315 g/mol. The van der Waals surface area contributed by atoms with Gasteiger partial charge in [-0.25, -0.2) is 4.79 Å². The molecule has 1 atom stereocenters. The number of unbranched alkanes of at least 4 members (excludes halogenated alkanes) is 1. The molecule has 0 aromatic carbocycles. The maximum atomic E-state index is 12.3. The Kier molecular flexibility index (Phi) is 5.99. The molecule has 1 unspecified atom stereocenters. The van der Waals surface area contributed by atoms with Gasteiger partial charge in [0.15, 0.2) is 6.04 Å². The van der Waals surface area contributed by atoms with Gasteiger partial charge in [-0.15, -0.1) is 0 Å². The Morgan fingerprint density at radius 3 is 2.18 bits per heavy atom. The molecular weight excluding hydrogens is 298 g/mol. The highest BCUT2D eigenvalue weighted by atomic mass is 16.4. The number of hydrogen-bond donors (Lipinski definition) is 3. The fourth-order valence-electron chi connectivity index (χ4n) is 2.04. The predicted molar refractivity (Wildman–Crippen MR) is 70.8 cm³/mol. The third-order valence-electron chi connectivity index (χ3n) is 3.00. The lowest BCUT2D eigenvalue weighted by Crippen LogP contribution is -2.66. The summed E-state index contributed by atoms with van der Waals surface area (Å²) in [6, 6.07) is -2.54. The van der Waals surface area contributed by atoms with Crippen LogP contribution < -0.4 is 5.32 Å². The van der Waals surface area contributed by atoms with E-state index < -0.39 is 48.9 Å². The summed E-state index contributed by atoms with van der Waals surface area (Å²) in [5.74, 6) is -4.72. The molecule has 0 radical (unpaired) electrons. The van der Waals surface area contributed by atoms with Gasteiger partial charge in [-0.05, 0) is 6.42 Å². The highest BCUT2D eigenvalue weighted by Gasteiger charge is 2.44. The molecule has 1 rings (SSSR count). The second kappa shape index (κ2) is 7.50. The zero-order valence-electron chi connectivity index (χ0n) is 11.9. The first-order valence-corrected chi connectivity index (χ1v) is 6.61. The van der Waals surface area contributed by atoms with Crippen LogP contribution in [0.3, 0.4) is 0 Å². The molecule has 4 amide bonds. The summed E-state index contributed by atoms with van der Waals surface area (Å²) in [6.07, 6.45) is 1.21. The third-order valence-corrected chi connectivity index (χ3v) is 3.00. The minimum atomic E-state index is -1.65. The molecule has 3 N–H and O–H groups in total. The van der Waals surface area contributed by atoms with Gasteiger partial charge in [0.2, 0.25) is 0 Å². The number of aliphatic carboxylic acids is 2. The highest BCUT2D eigenvalue weighted by Crippen LogP contribution is 2.12. The molecule has 10 nitrogen and oxygen atoms in total. The van der Waals surface area contributed by atoms with E-state index in [1.165, 1.54) is 0 Å². The topological polar surface area (TPSA) is 144 Å². The van der Waals surface area contributed by atoms with Crippen molar-refractivity contribution in [2.24, 2.45) is 0 Å². The molecule has 1 heterocycles. The standard InChI is InChI=1S/C12H17N3O7/c1-2-3-4-15-11(21)9(10(20)13-12(15)22)14(5-7(16)17)6-8(18)19/h9H,2-6H2,1H3,(H,16,17)(H,18,19)(H,13,20,22). The van der Waals surface area contributed by atoms with E-state index in [9.17, 15) is 24.0 Å². The zero-order chi connectivity index (χ0) is 16.9. The fourth-order valence-corrected chi connectivity index (χ4v) is 2.04. The second-order valence-electron chi connectivity index (χ2n) is 4.73. The van der Waals surface area contributed by atoms with E-state index in [0.717, 1.165) is 4.90 Å². The summed E-state index contributed by atoms with van der Waals surface area (Å²) in [7, 11) is 0. The fraction of sp³-hybridized carbons (Fsp3) is 0.583. The Hall–Kier alpha value is -2.49. The van der Waals surface area contributed by atoms with E-state index in [1.54, 1.807) is 0 Å². The first-order chi connectivity index (χ1) is 10.3. The summed E-state index contributed by atoms with van der Waals surface area (Å²) < 4.78 is 0. The molecule has 1 fully saturated rings. The maximum absolute atomic E-state index is 12.3. The van der Waals surface area contributed by atoms with Gasteiger partial charge >= 0.3 is 18.0 Å². The van der Waals surface area contributed by atoms with Crippen LogP contribution in [0.2, 0.25) is 0 Å². The number of nitrogens with one attached hydrogen (secondary N) is 1.